The van der Waals surface area contributed by atoms with Crippen LogP contribution in [0.1, 0.15) is 30.8 Å². The molecule has 6 nitrogen and oxygen atoms in total. The first kappa shape index (κ1) is 22.5. The maximum absolute atomic E-state index is 13.4. The summed E-state index contributed by atoms with van der Waals surface area (Å²) in [7, 11) is -0.0349. The molecule has 0 bridgehead atoms. The van der Waals surface area contributed by atoms with Gasteiger partial charge in [-0.2, -0.15) is 18.3 Å². The van der Waals surface area contributed by atoms with Gasteiger partial charge in [0.2, 0.25) is 0 Å². The average Bonchev–Trinajstić information content (AvgIpc) is 2.57. The molecular formula is C17H25F4N3O3Si. The number of alkyl halides is 4. The van der Waals surface area contributed by atoms with Gasteiger partial charge in [-0.15, -0.1) is 0 Å². The number of hydrogen-bond donors (Lipinski definition) is 0. The Labute approximate surface area is 162 Å². The summed E-state index contributed by atoms with van der Waals surface area (Å²) in [5, 5.41) is 3.93. The van der Waals surface area contributed by atoms with Gasteiger partial charge in [0.05, 0.1) is 27.9 Å². The molecule has 2 rings (SSSR count). The van der Waals surface area contributed by atoms with Crippen LogP contribution in [0.15, 0.2) is 10.9 Å². The number of rotatable bonds is 8. The van der Waals surface area contributed by atoms with Crippen molar-refractivity contribution in [2.24, 2.45) is 5.92 Å². The molecular weight excluding hydrogens is 398 g/mol. The lowest BCUT2D eigenvalue weighted by atomic mass is 10.1. The summed E-state index contributed by atoms with van der Waals surface area (Å²) >= 11 is 0. The van der Waals surface area contributed by atoms with E-state index in [9.17, 15) is 27.2 Å². The van der Waals surface area contributed by atoms with Crippen LogP contribution in [0.25, 0.3) is 0 Å². The summed E-state index contributed by atoms with van der Waals surface area (Å²) in [6.45, 7) is 4.46. The lowest BCUT2D eigenvalue weighted by Gasteiger charge is -2.34. The fourth-order valence-electron chi connectivity index (χ4n) is 3.08. The number of nitrogens with zero attached hydrogens (tertiary/aromatic N) is 3. The predicted octanol–water partition coefficient (Wildman–Crippen LogP) is 1.37. The van der Waals surface area contributed by atoms with Crippen LogP contribution in [0.3, 0.4) is 0 Å². The van der Waals surface area contributed by atoms with E-state index in [1.165, 1.54) is 7.11 Å². The zero-order chi connectivity index (χ0) is 21.1. The zero-order valence-corrected chi connectivity index (χ0v) is 17.5. The van der Waals surface area contributed by atoms with Gasteiger partial charge in [-0.05, 0) is 5.92 Å². The molecule has 0 aliphatic carbocycles. The van der Waals surface area contributed by atoms with Crippen LogP contribution >= 0.6 is 0 Å². The lowest BCUT2D eigenvalue weighted by Crippen LogP contribution is -2.49. The third-order valence-electron chi connectivity index (χ3n) is 4.70. The highest BCUT2D eigenvalue weighted by Crippen LogP contribution is 2.31. The van der Waals surface area contributed by atoms with Crippen molar-refractivity contribution in [1.29, 1.82) is 0 Å². The van der Waals surface area contributed by atoms with Crippen LogP contribution in [0, 0.1) is 5.92 Å². The highest BCUT2D eigenvalue weighted by atomic mass is 28.2. The number of ether oxygens (including phenoxy) is 1. The standard InChI is InChI=1S/C17H25F4N3O3Si/c1-10(2)9-28-15(16(26)27-3)24-14(25)6-12(17(19,20)21)13(22-24)4-5-23-7-11(18)8-23/h6,10-11,15H,4-5,7-9,28H2,1-3H3/t15-/m0/s1. The number of carbonyl (C=O) groups is 1. The van der Waals surface area contributed by atoms with Gasteiger partial charge in [-0.1, -0.05) is 19.9 Å². The van der Waals surface area contributed by atoms with E-state index in [0.717, 1.165) is 4.68 Å². The van der Waals surface area contributed by atoms with Crippen LogP contribution in [0.5, 0.6) is 0 Å². The first-order valence-electron chi connectivity index (χ1n) is 9.17. The Hall–Kier alpha value is -1.75. The molecule has 0 unspecified atom stereocenters. The second kappa shape index (κ2) is 9.16. The first-order chi connectivity index (χ1) is 13.0. The molecule has 1 atom stereocenters. The van der Waals surface area contributed by atoms with Crippen molar-refractivity contribution in [3.8, 4) is 0 Å². The average molecular weight is 423 g/mol. The van der Waals surface area contributed by atoms with Gasteiger partial charge < -0.3 is 4.74 Å². The molecule has 1 fully saturated rings. The maximum Gasteiger partial charge on any atom is 0.418 e. The monoisotopic (exact) mass is 423 g/mol. The van der Waals surface area contributed by atoms with Crippen LogP contribution in [-0.2, 0) is 22.1 Å². The summed E-state index contributed by atoms with van der Waals surface area (Å²) in [6.07, 6.45) is -5.80. The van der Waals surface area contributed by atoms with Crippen molar-refractivity contribution in [1.82, 2.24) is 14.7 Å². The number of hydrogen-bond acceptors (Lipinski definition) is 5. The number of likely N-dealkylation sites (tertiary alicyclic amines) is 1. The molecule has 28 heavy (non-hydrogen) atoms. The molecule has 11 heteroatoms. The SMILES string of the molecule is COC(=O)[C@H]([SiH2]CC(C)C)n1nc(CCN2CC(F)C2)c(C(F)(F)F)cc1=O. The van der Waals surface area contributed by atoms with Gasteiger partial charge in [0, 0.05) is 32.1 Å². The molecule has 0 spiro atoms. The highest BCUT2D eigenvalue weighted by Gasteiger charge is 2.37. The van der Waals surface area contributed by atoms with E-state index >= 15 is 0 Å². The Balaban J connectivity index is 2.37. The van der Waals surface area contributed by atoms with Crippen molar-refractivity contribution >= 4 is 15.5 Å². The molecule has 0 amide bonds. The Morgan fingerprint density at radius 1 is 1.39 bits per heavy atom. The molecule has 1 aliphatic heterocycles. The van der Waals surface area contributed by atoms with Crippen molar-refractivity contribution in [3.63, 3.8) is 0 Å². The van der Waals surface area contributed by atoms with Gasteiger partial charge in [0.25, 0.3) is 5.56 Å². The summed E-state index contributed by atoms with van der Waals surface area (Å²) in [5.74, 6) is -0.390. The third-order valence-corrected chi connectivity index (χ3v) is 7.42. The molecule has 1 aliphatic rings. The number of carbonyl (C=O) groups excluding carboxylic acids is 1. The summed E-state index contributed by atoms with van der Waals surface area (Å²) in [6, 6.07) is 1.20. The van der Waals surface area contributed by atoms with E-state index in [1.54, 1.807) is 4.90 Å². The van der Waals surface area contributed by atoms with Gasteiger partial charge in [0.15, 0.2) is 0 Å². The van der Waals surface area contributed by atoms with Gasteiger partial charge in [-0.25, -0.2) is 9.07 Å². The molecule has 0 saturated carbocycles. The molecule has 0 aromatic carbocycles. The largest absolute Gasteiger partial charge is 0.468 e. The van der Waals surface area contributed by atoms with Crippen LogP contribution in [0.4, 0.5) is 17.6 Å². The van der Waals surface area contributed by atoms with Crippen LogP contribution in [0.2, 0.25) is 6.04 Å². The van der Waals surface area contributed by atoms with Gasteiger partial charge in [0.1, 0.15) is 11.8 Å². The van der Waals surface area contributed by atoms with Crippen molar-refractivity contribution in [3.05, 3.63) is 27.7 Å². The molecule has 1 aromatic rings. The summed E-state index contributed by atoms with van der Waals surface area (Å²) < 4.78 is 58.7. The molecule has 158 valence electrons. The third kappa shape index (κ3) is 5.63. The predicted molar refractivity (Wildman–Crippen MR) is 97.8 cm³/mol. The Morgan fingerprint density at radius 2 is 2.04 bits per heavy atom. The van der Waals surface area contributed by atoms with Crippen LogP contribution in [-0.4, -0.2) is 63.1 Å². The zero-order valence-electron chi connectivity index (χ0n) is 16.1. The van der Waals surface area contributed by atoms with Gasteiger partial charge >= 0.3 is 12.1 Å². The topological polar surface area (TPSA) is 64.4 Å². The van der Waals surface area contributed by atoms with E-state index in [0.29, 0.717) is 12.1 Å². The Kier molecular flexibility index (Phi) is 7.37. The second-order valence-electron chi connectivity index (χ2n) is 7.40. The molecule has 1 saturated heterocycles. The van der Waals surface area contributed by atoms with E-state index in [4.69, 9.17) is 4.74 Å². The molecule has 0 radical (unpaired) electrons. The van der Waals surface area contributed by atoms with E-state index < -0.39 is 44.6 Å². The number of methoxy groups -OCH3 is 1. The van der Waals surface area contributed by atoms with Crippen molar-refractivity contribution in [2.75, 3.05) is 26.7 Å². The normalized spacial score (nSPS) is 17.3. The minimum absolute atomic E-state index is 0.0958. The second-order valence-corrected chi connectivity index (χ2v) is 9.33. The quantitative estimate of drug-likeness (QED) is 0.359. The minimum Gasteiger partial charge on any atom is -0.468 e. The maximum atomic E-state index is 13.4. The fourth-order valence-corrected chi connectivity index (χ4v) is 4.97. The van der Waals surface area contributed by atoms with Crippen LogP contribution < -0.4 is 5.56 Å². The molecule has 1 aromatic heterocycles. The molecule has 0 N–H and O–H groups in total. The number of halogens is 4. The lowest BCUT2D eigenvalue weighted by molar-refractivity contribution is -0.142. The fraction of sp³-hybridized carbons (Fsp3) is 0.706. The minimum atomic E-state index is -4.74. The Morgan fingerprint density at radius 3 is 2.54 bits per heavy atom. The van der Waals surface area contributed by atoms with Crippen molar-refractivity contribution < 1.29 is 27.1 Å². The summed E-state index contributed by atoms with van der Waals surface area (Å²) in [4.78, 5) is 26.2. The van der Waals surface area contributed by atoms with Gasteiger partial charge in [-0.3, -0.25) is 14.5 Å². The smallest absolute Gasteiger partial charge is 0.418 e. The summed E-state index contributed by atoms with van der Waals surface area (Å²) in [5.41, 5.74) is -3.36. The van der Waals surface area contributed by atoms with E-state index in [-0.39, 0.29) is 37.7 Å². The first-order valence-corrected chi connectivity index (χ1v) is 11.0. The number of aromatic nitrogens is 2. The number of esters is 1. The van der Waals surface area contributed by atoms with E-state index in [2.05, 4.69) is 5.10 Å². The Bertz CT molecular complexity index is 748. The molecule has 2 heterocycles. The van der Waals surface area contributed by atoms with E-state index in [1.807, 2.05) is 13.8 Å². The highest BCUT2D eigenvalue weighted by molar-refractivity contribution is 6.42. The van der Waals surface area contributed by atoms with Crippen molar-refractivity contribution in [2.45, 2.75) is 44.3 Å².